The first kappa shape index (κ1) is 16.8. The van der Waals surface area contributed by atoms with Crippen LogP contribution < -0.4 is 57.0 Å². The van der Waals surface area contributed by atoms with Crippen LogP contribution in [0.15, 0.2) is 24.4 Å². The summed E-state index contributed by atoms with van der Waals surface area (Å²) in [5.74, 6) is -1.69. The first-order valence-electron chi connectivity index (χ1n) is 4.91. The normalized spacial score (nSPS) is 11.2. The van der Waals surface area contributed by atoms with Gasteiger partial charge < -0.3 is 12.9 Å². The van der Waals surface area contributed by atoms with Crippen molar-refractivity contribution in [3.63, 3.8) is 0 Å². The SMILES string of the molecule is Fc1cccc(F)c1Cn1cc([B-](F)(F)F)nn1.[K+]. The summed E-state index contributed by atoms with van der Waals surface area (Å²) in [5, 5.41) is 6.10. The van der Waals surface area contributed by atoms with Crippen LogP contribution in [0.25, 0.3) is 0 Å². The fourth-order valence-electron chi connectivity index (χ4n) is 1.39. The van der Waals surface area contributed by atoms with Crippen LogP contribution in [-0.4, -0.2) is 22.0 Å². The van der Waals surface area contributed by atoms with E-state index in [0.29, 0.717) is 6.20 Å². The zero-order chi connectivity index (χ0) is 13.3. The number of aromatic nitrogens is 3. The third kappa shape index (κ3) is 4.09. The summed E-state index contributed by atoms with van der Waals surface area (Å²) in [5.41, 5.74) is -1.50. The van der Waals surface area contributed by atoms with Crippen LogP contribution in [0, 0.1) is 11.6 Å². The molecule has 0 saturated carbocycles. The molecule has 0 atom stereocenters. The molecule has 0 unspecified atom stereocenters. The van der Waals surface area contributed by atoms with Crippen molar-refractivity contribution < 1.29 is 73.1 Å². The molecule has 0 spiro atoms. The van der Waals surface area contributed by atoms with E-state index >= 15 is 0 Å². The van der Waals surface area contributed by atoms with Gasteiger partial charge in [0.25, 0.3) is 0 Å². The van der Waals surface area contributed by atoms with Crippen molar-refractivity contribution in [1.82, 2.24) is 15.0 Å². The minimum Gasteiger partial charge on any atom is -0.444 e. The van der Waals surface area contributed by atoms with Crippen molar-refractivity contribution in [2.24, 2.45) is 0 Å². The van der Waals surface area contributed by atoms with Crippen molar-refractivity contribution in [2.75, 3.05) is 0 Å². The van der Waals surface area contributed by atoms with Crippen LogP contribution in [0.4, 0.5) is 21.7 Å². The Kier molecular flexibility index (Phi) is 5.68. The van der Waals surface area contributed by atoms with Crippen molar-refractivity contribution in [3.05, 3.63) is 41.6 Å². The van der Waals surface area contributed by atoms with Crippen LogP contribution in [0.5, 0.6) is 0 Å². The van der Waals surface area contributed by atoms with Crippen molar-refractivity contribution in [3.8, 4) is 0 Å². The number of nitrogens with zero attached hydrogens (tertiary/aromatic N) is 3. The number of benzene rings is 1. The third-order valence-corrected chi connectivity index (χ3v) is 2.27. The first-order valence-corrected chi connectivity index (χ1v) is 4.91. The summed E-state index contributed by atoms with van der Waals surface area (Å²) in [6.07, 6.45) is 0.617. The molecule has 2 aromatic rings. The van der Waals surface area contributed by atoms with E-state index in [4.69, 9.17) is 0 Å². The molecule has 1 aromatic heterocycles. The largest absolute Gasteiger partial charge is 1.00 e. The number of halogens is 5. The van der Waals surface area contributed by atoms with Gasteiger partial charge in [-0.25, -0.2) is 8.78 Å². The Balaban J connectivity index is 0.00000180. The zero-order valence-corrected chi connectivity index (χ0v) is 12.9. The molecule has 0 amide bonds. The van der Waals surface area contributed by atoms with Gasteiger partial charge in [-0.3, -0.25) is 4.68 Å². The predicted octanol–water partition coefficient (Wildman–Crippen LogP) is -1.34. The Morgan fingerprint density at radius 2 is 1.68 bits per heavy atom. The predicted molar refractivity (Wildman–Crippen MR) is 54.2 cm³/mol. The van der Waals surface area contributed by atoms with E-state index in [1.165, 1.54) is 6.07 Å². The van der Waals surface area contributed by atoms with E-state index in [2.05, 4.69) is 10.3 Å². The van der Waals surface area contributed by atoms with Gasteiger partial charge in [-0.1, -0.05) is 11.3 Å². The van der Waals surface area contributed by atoms with E-state index < -0.39 is 30.7 Å². The molecular weight excluding hydrogens is 295 g/mol. The molecule has 1 aromatic carbocycles. The van der Waals surface area contributed by atoms with Crippen LogP contribution in [0.3, 0.4) is 0 Å². The fourth-order valence-corrected chi connectivity index (χ4v) is 1.39. The molecule has 0 aliphatic carbocycles. The van der Waals surface area contributed by atoms with Crippen molar-refractivity contribution >= 4 is 12.6 Å². The van der Waals surface area contributed by atoms with Crippen molar-refractivity contribution in [2.45, 2.75) is 6.54 Å². The topological polar surface area (TPSA) is 30.7 Å². The van der Waals surface area contributed by atoms with E-state index in [9.17, 15) is 21.7 Å². The van der Waals surface area contributed by atoms with Gasteiger partial charge in [0.1, 0.15) is 11.6 Å². The molecule has 19 heavy (non-hydrogen) atoms. The van der Waals surface area contributed by atoms with Crippen LogP contribution in [-0.2, 0) is 6.54 Å². The maximum atomic E-state index is 13.3. The Morgan fingerprint density at radius 3 is 2.16 bits per heavy atom. The minimum atomic E-state index is -5.27. The molecule has 0 radical (unpaired) electrons. The van der Waals surface area contributed by atoms with Gasteiger partial charge >= 0.3 is 58.4 Å². The van der Waals surface area contributed by atoms with E-state index in [1.54, 1.807) is 0 Å². The quantitative estimate of drug-likeness (QED) is 0.519. The van der Waals surface area contributed by atoms with E-state index in [1.807, 2.05) is 0 Å². The van der Waals surface area contributed by atoms with Gasteiger partial charge in [0, 0.05) is 17.4 Å². The second-order valence-corrected chi connectivity index (χ2v) is 3.62. The molecular formula is C9H6BF5KN3. The molecule has 3 nitrogen and oxygen atoms in total. The molecule has 0 bridgehead atoms. The van der Waals surface area contributed by atoms with Gasteiger partial charge in [-0.15, -0.1) is 0 Å². The maximum absolute atomic E-state index is 13.3. The second kappa shape index (κ2) is 6.44. The maximum Gasteiger partial charge on any atom is 1.00 e. The summed E-state index contributed by atoms with van der Waals surface area (Å²) in [4.78, 5) is 0. The molecule has 10 heteroatoms. The monoisotopic (exact) mass is 301 g/mol. The van der Waals surface area contributed by atoms with Gasteiger partial charge in [0.05, 0.1) is 6.54 Å². The van der Waals surface area contributed by atoms with Gasteiger partial charge in [-0.2, -0.15) is 5.10 Å². The Hall–Kier alpha value is -0.289. The zero-order valence-electron chi connectivity index (χ0n) is 9.83. The van der Waals surface area contributed by atoms with Crippen molar-refractivity contribution in [1.29, 1.82) is 0 Å². The van der Waals surface area contributed by atoms with E-state index in [-0.39, 0.29) is 56.9 Å². The van der Waals surface area contributed by atoms with Crippen LogP contribution in [0.2, 0.25) is 0 Å². The number of rotatable bonds is 3. The molecule has 0 saturated heterocycles. The smallest absolute Gasteiger partial charge is 0.444 e. The molecule has 96 valence electrons. The Labute approximate surface area is 147 Å². The number of hydrogen-bond donors (Lipinski definition) is 0. The molecule has 0 N–H and O–H groups in total. The average Bonchev–Trinajstić information content (AvgIpc) is 2.72. The molecule has 0 aliphatic heterocycles. The molecule has 2 rings (SSSR count). The first-order chi connectivity index (χ1) is 8.38. The Bertz CT molecular complexity index is 551. The van der Waals surface area contributed by atoms with Gasteiger partial charge in [-0.05, 0) is 12.1 Å². The summed E-state index contributed by atoms with van der Waals surface area (Å²) in [7, 11) is 0. The second-order valence-electron chi connectivity index (χ2n) is 3.62. The fraction of sp³-hybridized carbons (Fsp3) is 0.111. The van der Waals surface area contributed by atoms with Gasteiger partial charge in [0.15, 0.2) is 0 Å². The summed E-state index contributed by atoms with van der Waals surface area (Å²) < 4.78 is 64.1. The standard InChI is InChI=1S/C9H6BF5N3.K/c11-7-2-1-3-8(12)6(7)4-18-5-9(16-17-18)10(13,14)15;/h1-3,5H,4H2;/q-1;+1. The Morgan fingerprint density at radius 1 is 1.11 bits per heavy atom. The average molecular weight is 301 g/mol. The third-order valence-electron chi connectivity index (χ3n) is 2.27. The molecule has 0 aliphatic rings. The summed E-state index contributed by atoms with van der Waals surface area (Å²) in [6.45, 7) is -5.71. The summed E-state index contributed by atoms with van der Waals surface area (Å²) >= 11 is 0. The number of hydrogen-bond acceptors (Lipinski definition) is 2. The minimum absolute atomic E-state index is 0. The summed E-state index contributed by atoms with van der Waals surface area (Å²) in [6, 6.07) is 3.20. The molecule has 0 fully saturated rings. The van der Waals surface area contributed by atoms with Crippen LogP contribution in [0.1, 0.15) is 5.56 Å². The van der Waals surface area contributed by atoms with Gasteiger partial charge in [0.2, 0.25) is 0 Å². The van der Waals surface area contributed by atoms with Crippen LogP contribution >= 0.6 is 0 Å². The molecule has 1 heterocycles. The van der Waals surface area contributed by atoms with E-state index in [0.717, 1.165) is 16.8 Å².